The highest BCUT2D eigenvalue weighted by atomic mass is 15.1. The van der Waals surface area contributed by atoms with Gasteiger partial charge in [0.25, 0.3) is 0 Å². The fourth-order valence-corrected chi connectivity index (χ4v) is 2.52. The summed E-state index contributed by atoms with van der Waals surface area (Å²) in [6.07, 6.45) is 1.75. The minimum Gasteiger partial charge on any atom is -0.345 e. The van der Waals surface area contributed by atoms with Crippen LogP contribution in [0.5, 0.6) is 0 Å². The van der Waals surface area contributed by atoms with Gasteiger partial charge in [-0.3, -0.25) is 0 Å². The average Bonchev–Trinajstić information content (AvgIpc) is 2.62. The highest BCUT2D eigenvalue weighted by Crippen LogP contribution is 2.29. The Kier molecular flexibility index (Phi) is 10.1. The first-order valence-electron chi connectivity index (χ1n) is 10.0. The first-order valence-corrected chi connectivity index (χ1v) is 10.0. The Balaban J connectivity index is 0.00000123. The van der Waals surface area contributed by atoms with E-state index in [1.54, 1.807) is 6.08 Å². The molecule has 27 heavy (non-hydrogen) atoms. The third-order valence-electron chi connectivity index (χ3n) is 4.24. The number of nitrogens with zero attached hydrogens (tertiary/aromatic N) is 1. The highest BCUT2D eigenvalue weighted by molar-refractivity contribution is 5.63. The van der Waals surface area contributed by atoms with Gasteiger partial charge < -0.3 is 4.90 Å². The molecule has 0 amide bonds. The van der Waals surface area contributed by atoms with E-state index >= 15 is 0 Å². The quantitative estimate of drug-likeness (QED) is 0.483. The summed E-state index contributed by atoms with van der Waals surface area (Å²) < 4.78 is 0. The molecule has 0 fully saturated rings. The highest BCUT2D eigenvalue weighted by Gasteiger charge is 2.15. The lowest BCUT2D eigenvalue weighted by Gasteiger charge is -2.24. The zero-order valence-electron chi connectivity index (χ0n) is 19.4. The van der Waals surface area contributed by atoms with Crippen LogP contribution in [0.1, 0.15) is 73.4 Å². The molecular formula is C26H41N. The first kappa shape index (κ1) is 25.0. The number of anilines is 2. The zero-order valence-corrected chi connectivity index (χ0v) is 19.4. The van der Waals surface area contributed by atoms with Crippen LogP contribution in [0.25, 0.3) is 0 Å². The van der Waals surface area contributed by atoms with Gasteiger partial charge in [0.2, 0.25) is 0 Å². The van der Waals surface area contributed by atoms with Crippen molar-refractivity contribution in [2.45, 2.75) is 73.1 Å². The molecule has 0 aliphatic rings. The van der Waals surface area contributed by atoms with Crippen LogP contribution in [0.3, 0.4) is 0 Å². The number of hydrogen-bond donors (Lipinski definition) is 0. The molecule has 0 bridgehead atoms. The maximum Gasteiger partial charge on any atom is 0.0408 e. The van der Waals surface area contributed by atoms with Crippen LogP contribution >= 0.6 is 0 Å². The summed E-state index contributed by atoms with van der Waals surface area (Å²) in [5.41, 5.74) is 5.57. The van der Waals surface area contributed by atoms with E-state index in [2.05, 4.69) is 109 Å². The summed E-state index contributed by atoms with van der Waals surface area (Å²) in [5, 5.41) is 0. The Morgan fingerprint density at radius 1 is 0.667 bits per heavy atom. The van der Waals surface area contributed by atoms with Gasteiger partial charge in [-0.05, 0) is 53.1 Å². The largest absolute Gasteiger partial charge is 0.345 e. The second-order valence-electron chi connectivity index (χ2n) is 8.56. The molecule has 0 aliphatic carbocycles. The van der Waals surface area contributed by atoms with Crippen LogP contribution in [0.2, 0.25) is 0 Å². The third kappa shape index (κ3) is 8.03. The van der Waals surface area contributed by atoms with Gasteiger partial charge in [0.1, 0.15) is 0 Å². The fourth-order valence-electron chi connectivity index (χ4n) is 2.52. The normalized spacial score (nSPS) is 10.7. The number of hydrogen-bond acceptors (Lipinski definition) is 1. The van der Waals surface area contributed by atoms with Crippen LogP contribution in [0.4, 0.5) is 11.4 Å². The molecule has 0 atom stereocenters. The molecule has 0 radical (unpaired) electrons. The molecule has 0 N–H and O–H groups in total. The van der Waals surface area contributed by atoms with Crippen LogP contribution < -0.4 is 4.90 Å². The van der Waals surface area contributed by atoms with Crippen LogP contribution in [-0.2, 0) is 10.8 Å². The average molecular weight is 368 g/mol. The maximum atomic E-state index is 3.36. The van der Waals surface area contributed by atoms with Gasteiger partial charge in [-0.1, -0.05) is 85.7 Å². The smallest absolute Gasteiger partial charge is 0.0408 e. The summed E-state index contributed by atoms with van der Waals surface area (Å²) in [4.78, 5) is 2.24. The van der Waals surface area contributed by atoms with Gasteiger partial charge in [0, 0.05) is 18.4 Å². The van der Waals surface area contributed by atoms with E-state index in [0.717, 1.165) is 0 Å². The fraction of sp³-hybridized carbons (Fsp3) is 0.462. The molecule has 150 valence electrons. The number of benzene rings is 2. The van der Waals surface area contributed by atoms with E-state index in [9.17, 15) is 0 Å². The summed E-state index contributed by atoms with van der Waals surface area (Å²) in [6.45, 7) is 22.7. The summed E-state index contributed by atoms with van der Waals surface area (Å²) in [6, 6.07) is 17.8. The van der Waals surface area contributed by atoms with E-state index in [1.807, 2.05) is 20.8 Å². The second-order valence-corrected chi connectivity index (χ2v) is 8.56. The molecule has 1 heteroatoms. The monoisotopic (exact) mass is 367 g/mol. The van der Waals surface area contributed by atoms with Gasteiger partial charge in [-0.25, -0.2) is 0 Å². The van der Waals surface area contributed by atoms with E-state index in [1.165, 1.54) is 22.5 Å². The first-order chi connectivity index (χ1) is 12.5. The molecule has 0 saturated heterocycles. The maximum absolute atomic E-state index is 3.36. The molecule has 2 aromatic rings. The summed E-state index contributed by atoms with van der Waals surface area (Å²) >= 11 is 0. The molecule has 2 aromatic carbocycles. The molecule has 1 nitrogen and oxygen atoms in total. The molecule has 0 saturated carbocycles. The van der Waals surface area contributed by atoms with Gasteiger partial charge in [0.05, 0.1) is 0 Å². The predicted octanol–water partition coefficient (Wildman–Crippen LogP) is 8.27. The van der Waals surface area contributed by atoms with Crippen molar-refractivity contribution in [3.05, 3.63) is 72.3 Å². The summed E-state index contributed by atoms with van der Waals surface area (Å²) in [7, 11) is 2.12. The van der Waals surface area contributed by atoms with Gasteiger partial charge in [-0.2, -0.15) is 0 Å². The molecular weight excluding hydrogens is 326 g/mol. The van der Waals surface area contributed by atoms with Crippen molar-refractivity contribution in [2.24, 2.45) is 0 Å². The lowest BCUT2D eigenvalue weighted by molar-refractivity contribution is 0.590. The lowest BCUT2D eigenvalue weighted by Crippen LogP contribution is -2.14. The van der Waals surface area contributed by atoms with E-state index < -0.39 is 0 Å². The Bertz CT molecular complexity index is 592. The van der Waals surface area contributed by atoms with Crippen molar-refractivity contribution in [3.8, 4) is 0 Å². The summed E-state index contributed by atoms with van der Waals surface area (Å²) in [5.74, 6) is 0. The van der Waals surface area contributed by atoms with Crippen LogP contribution in [0, 0.1) is 0 Å². The van der Waals surface area contributed by atoms with Gasteiger partial charge in [0.15, 0.2) is 0 Å². The van der Waals surface area contributed by atoms with E-state index in [-0.39, 0.29) is 10.8 Å². The van der Waals surface area contributed by atoms with Gasteiger partial charge in [-0.15, -0.1) is 6.58 Å². The Labute approximate surface area is 169 Å². The second kappa shape index (κ2) is 11.0. The van der Waals surface area contributed by atoms with Gasteiger partial charge >= 0.3 is 0 Å². The number of allylic oxidation sites excluding steroid dienone is 1. The molecule has 0 aliphatic heterocycles. The third-order valence-corrected chi connectivity index (χ3v) is 4.24. The van der Waals surface area contributed by atoms with Crippen molar-refractivity contribution in [1.82, 2.24) is 0 Å². The van der Waals surface area contributed by atoms with Crippen molar-refractivity contribution >= 4 is 11.4 Å². The molecule has 0 aromatic heterocycles. The van der Waals surface area contributed by atoms with Crippen molar-refractivity contribution in [2.75, 3.05) is 11.9 Å². The minimum atomic E-state index is 0.200. The standard InChI is InChI=1S/C21H29N.C3H6.C2H6/c1-20(2,3)16-8-12-18(13-9-16)22(7)19-14-10-17(11-15-19)21(4,5)6;1-3-2;1-2/h8-15H,1-7H3;3H,1H2,2H3;1-2H3. The van der Waals surface area contributed by atoms with Crippen LogP contribution in [-0.4, -0.2) is 7.05 Å². The zero-order chi connectivity index (χ0) is 21.3. The number of rotatable bonds is 2. The minimum absolute atomic E-state index is 0.200. The molecule has 0 heterocycles. The van der Waals surface area contributed by atoms with Crippen molar-refractivity contribution < 1.29 is 0 Å². The van der Waals surface area contributed by atoms with Crippen molar-refractivity contribution in [1.29, 1.82) is 0 Å². The van der Waals surface area contributed by atoms with E-state index in [4.69, 9.17) is 0 Å². The Morgan fingerprint density at radius 2 is 0.889 bits per heavy atom. The molecule has 0 spiro atoms. The topological polar surface area (TPSA) is 3.24 Å². The van der Waals surface area contributed by atoms with E-state index in [0.29, 0.717) is 0 Å². The van der Waals surface area contributed by atoms with Crippen LogP contribution in [0.15, 0.2) is 61.2 Å². The molecule has 2 rings (SSSR count). The van der Waals surface area contributed by atoms with Crippen molar-refractivity contribution in [3.63, 3.8) is 0 Å². The molecule has 0 unspecified atom stereocenters. The SMILES string of the molecule is C=CC.CC.CN(c1ccc(C(C)(C)C)cc1)c1ccc(C(C)(C)C)cc1. The predicted molar refractivity (Wildman–Crippen MR) is 126 cm³/mol. The lowest BCUT2D eigenvalue weighted by atomic mass is 9.87. The Hall–Kier alpha value is -2.02. The Morgan fingerprint density at radius 3 is 1.07 bits per heavy atom.